The predicted molar refractivity (Wildman–Crippen MR) is 89.3 cm³/mol. The van der Waals surface area contributed by atoms with Crippen LogP contribution in [0, 0.1) is 11.3 Å². The summed E-state index contributed by atoms with van der Waals surface area (Å²) in [5.74, 6) is 0.740. The molecular weight excluding hydrogens is 258 g/mol. The number of rotatable bonds is 6. The second kappa shape index (κ2) is 7.42. The van der Waals surface area contributed by atoms with Crippen LogP contribution in [0.4, 0.5) is 0 Å². The molecular formula is C19H31NO. The summed E-state index contributed by atoms with van der Waals surface area (Å²) in [7, 11) is 0. The maximum absolute atomic E-state index is 6.28. The molecule has 0 saturated heterocycles. The summed E-state index contributed by atoms with van der Waals surface area (Å²) in [6.45, 7) is 7.84. The van der Waals surface area contributed by atoms with Crippen molar-refractivity contribution >= 4 is 0 Å². The fourth-order valence-corrected chi connectivity index (χ4v) is 3.32. The first-order valence-corrected chi connectivity index (χ1v) is 8.44. The lowest BCUT2D eigenvalue weighted by atomic mass is 9.68. The van der Waals surface area contributed by atoms with Crippen LogP contribution in [0.15, 0.2) is 30.3 Å². The second-order valence-corrected chi connectivity index (χ2v) is 7.16. The van der Waals surface area contributed by atoms with E-state index in [0.717, 1.165) is 31.8 Å². The largest absolute Gasteiger partial charge is 0.376 e. The van der Waals surface area contributed by atoms with Crippen LogP contribution >= 0.6 is 0 Å². The summed E-state index contributed by atoms with van der Waals surface area (Å²) < 4.78 is 6.14. The normalized spacial score (nSPS) is 26.8. The first kappa shape index (κ1) is 16.5. The van der Waals surface area contributed by atoms with E-state index in [2.05, 4.69) is 51.1 Å². The fraction of sp³-hybridized carbons (Fsp3) is 0.684. The summed E-state index contributed by atoms with van der Waals surface area (Å²) in [5, 5.41) is 0. The van der Waals surface area contributed by atoms with Crippen LogP contribution in [0.1, 0.15) is 52.0 Å². The molecule has 1 aromatic carbocycles. The Hall–Kier alpha value is -0.860. The molecule has 3 atom stereocenters. The molecule has 0 spiro atoms. The summed E-state index contributed by atoms with van der Waals surface area (Å²) in [4.78, 5) is 0. The van der Waals surface area contributed by atoms with E-state index in [0.29, 0.717) is 5.41 Å². The molecule has 0 heterocycles. The Labute approximate surface area is 130 Å². The Kier molecular flexibility index (Phi) is 5.83. The van der Waals surface area contributed by atoms with Crippen molar-refractivity contribution in [3.05, 3.63) is 35.9 Å². The van der Waals surface area contributed by atoms with E-state index >= 15 is 0 Å². The fourth-order valence-electron chi connectivity index (χ4n) is 3.32. The number of hydrogen-bond donors (Lipinski definition) is 1. The van der Waals surface area contributed by atoms with Gasteiger partial charge in [-0.2, -0.15) is 0 Å². The van der Waals surface area contributed by atoms with E-state index in [-0.39, 0.29) is 12.1 Å². The van der Waals surface area contributed by atoms with Crippen molar-refractivity contribution in [3.63, 3.8) is 0 Å². The van der Waals surface area contributed by atoms with Crippen molar-refractivity contribution in [1.29, 1.82) is 0 Å². The first-order valence-electron chi connectivity index (χ1n) is 8.44. The quantitative estimate of drug-likeness (QED) is 0.852. The van der Waals surface area contributed by atoms with E-state index in [1.165, 1.54) is 18.4 Å². The van der Waals surface area contributed by atoms with Gasteiger partial charge in [-0.05, 0) is 42.6 Å². The van der Waals surface area contributed by atoms with Gasteiger partial charge in [0.2, 0.25) is 0 Å². The van der Waals surface area contributed by atoms with Crippen LogP contribution in [0.3, 0.4) is 0 Å². The van der Waals surface area contributed by atoms with Gasteiger partial charge in [0.1, 0.15) is 0 Å². The van der Waals surface area contributed by atoms with E-state index in [9.17, 15) is 0 Å². The Balaban J connectivity index is 1.83. The zero-order chi connectivity index (χ0) is 15.3. The van der Waals surface area contributed by atoms with Gasteiger partial charge in [-0.15, -0.1) is 0 Å². The molecule has 0 aliphatic heterocycles. The maximum Gasteiger partial charge on any atom is 0.0728 e. The molecule has 2 heteroatoms. The molecule has 1 aliphatic carbocycles. The Morgan fingerprint density at radius 3 is 2.57 bits per heavy atom. The zero-order valence-corrected chi connectivity index (χ0v) is 13.8. The number of nitrogens with two attached hydrogens (primary N) is 1. The molecule has 118 valence electrons. The molecule has 1 aliphatic rings. The molecule has 0 radical (unpaired) electrons. The number of ether oxygens (including phenoxy) is 1. The first-order chi connectivity index (χ1) is 10.0. The lowest BCUT2D eigenvalue weighted by molar-refractivity contribution is -0.0213. The molecule has 1 saturated carbocycles. The monoisotopic (exact) mass is 289 g/mol. The Bertz CT molecular complexity index is 415. The van der Waals surface area contributed by atoms with Gasteiger partial charge in [0.05, 0.1) is 12.7 Å². The lowest BCUT2D eigenvalue weighted by Gasteiger charge is -2.42. The molecule has 1 fully saturated rings. The van der Waals surface area contributed by atoms with E-state index in [1.54, 1.807) is 0 Å². The van der Waals surface area contributed by atoms with Gasteiger partial charge in [-0.3, -0.25) is 0 Å². The lowest BCUT2D eigenvalue weighted by Crippen LogP contribution is -2.45. The van der Waals surface area contributed by atoms with Crippen LogP contribution in [-0.4, -0.2) is 18.8 Å². The number of hydrogen-bond acceptors (Lipinski definition) is 2. The average molecular weight is 289 g/mol. The molecule has 1 aromatic rings. The molecule has 3 unspecified atom stereocenters. The highest BCUT2D eigenvalue weighted by Gasteiger charge is 2.36. The number of benzene rings is 1. The van der Waals surface area contributed by atoms with Gasteiger partial charge in [-0.25, -0.2) is 0 Å². The van der Waals surface area contributed by atoms with Gasteiger partial charge in [0, 0.05) is 6.04 Å². The highest BCUT2D eigenvalue weighted by Crippen LogP contribution is 2.40. The average Bonchev–Trinajstić information content (AvgIpc) is 2.50. The summed E-state index contributed by atoms with van der Waals surface area (Å²) in [5.41, 5.74) is 8.02. The molecule has 2 N–H and O–H groups in total. The van der Waals surface area contributed by atoms with Crippen LogP contribution in [0.5, 0.6) is 0 Å². The molecule has 21 heavy (non-hydrogen) atoms. The van der Waals surface area contributed by atoms with Crippen molar-refractivity contribution in [1.82, 2.24) is 0 Å². The van der Waals surface area contributed by atoms with E-state index in [4.69, 9.17) is 10.5 Å². The van der Waals surface area contributed by atoms with Crippen molar-refractivity contribution < 1.29 is 4.74 Å². The maximum atomic E-state index is 6.28. The molecule has 0 amide bonds. The van der Waals surface area contributed by atoms with Crippen LogP contribution in [-0.2, 0) is 11.2 Å². The van der Waals surface area contributed by atoms with E-state index < -0.39 is 0 Å². The second-order valence-electron chi connectivity index (χ2n) is 7.16. The minimum Gasteiger partial charge on any atom is -0.376 e. The summed E-state index contributed by atoms with van der Waals surface area (Å²) in [6, 6.07) is 10.8. The van der Waals surface area contributed by atoms with Crippen LogP contribution < -0.4 is 5.73 Å². The highest BCUT2D eigenvalue weighted by molar-refractivity contribution is 5.14. The topological polar surface area (TPSA) is 35.2 Å². The third-order valence-electron chi connectivity index (χ3n) is 5.42. The highest BCUT2D eigenvalue weighted by atomic mass is 16.5. The Morgan fingerprint density at radius 2 is 1.90 bits per heavy atom. The molecule has 2 rings (SSSR count). The van der Waals surface area contributed by atoms with Gasteiger partial charge in [0.15, 0.2) is 0 Å². The summed E-state index contributed by atoms with van der Waals surface area (Å²) in [6.07, 6.45) is 5.91. The van der Waals surface area contributed by atoms with Crippen molar-refractivity contribution in [2.75, 3.05) is 6.61 Å². The van der Waals surface area contributed by atoms with Gasteiger partial charge in [-0.1, -0.05) is 57.5 Å². The van der Waals surface area contributed by atoms with Gasteiger partial charge >= 0.3 is 0 Å². The van der Waals surface area contributed by atoms with E-state index in [1.807, 2.05) is 0 Å². The van der Waals surface area contributed by atoms with Crippen molar-refractivity contribution in [3.8, 4) is 0 Å². The minimum atomic E-state index is 0.213. The zero-order valence-electron chi connectivity index (χ0n) is 13.8. The molecule has 2 nitrogen and oxygen atoms in total. The third-order valence-corrected chi connectivity index (χ3v) is 5.42. The van der Waals surface area contributed by atoms with Gasteiger partial charge in [0.25, 0.3) is 0 Å². The van der Waals surface area contributed by atoms with Crippen molar-refractivity contribution in [2.24, 2.45) is 17.1 Å². The van der Waals surface area contributed by atoms with Crippen LogP contribution in [0.2, 0.25) is 0 Å². The Morgan fingerprint density at radius 1 is 1.19 bits per heavy atom. The molecule has 0 aromatic heterocycles. The SMILES string of the molecule is CCC(C)(C)C1CCC(N)C(OCCc2ccccc2)C1. The predicted octanol–water partition coefficient (Wildman–Crippen LogP) is 4.18. The third kappa shape index (κ3) is 4.55. The smallest absolute Gasteiger partial charge is 0.0728 e. The summed E-state index contributed by atoms with van der Waals surface area (Å²) >= 11 is 0. The van der Waals surface area contributed by atoms with Crippen molar-refractivity contribution in [2.45, 2.75) is 65.0 Å². The minimum absolute atomic E-state index is 0.213. The molecule has 0 bridgehead atoms. The van der Waals surface area contributed by atoms with Crippen LogP contribution in [0.25, 0.3) is 0 Å². The van der Waals surface area contributed by atoms with Gasteiger partial charge < -0.3 is 10.5 Å². The standard InChI is InChI=1S/C19H31NO/c1-4-19(2,3)16-10-11-17(20)18(14-16)21-13-12-15-8-6-5-7-9-15/h5-9,16-18H,4,10-14,20H2,1-3H3.